The average molecular weight is 330 g/mol. The summed E-state index contributed by atoms with van der Waals surface area (Å²) in [4.78, 5) is 13.3. The van der Waals surface area contributed by atoms with Crippen LogP contribution in [0, 0.1) is 0 Å². The van der Waals surface area contributed by atoms with Gasteiger partial charge in [0.2, 0.25) is 5.91 Å². The van der Waals surface area contributed by atoms with Gasteiger partial charge in [-0.25, -0.2) is 0 Å². The number of nitrogens with one attached hydrogen (secondary N) is 2. The summed E-state index contributed by atoms with van der Waals surface area (Å²) in [6.45, 7) is 8.89. The van der Waals surface area contributed by atoms with Gasteiger partial charge < -0.3 is 5.32 Å². The van der Waals surface area contributed by atoms with E-state index >= 15 is 0 Å². The van der Waals surface area contributed by atoms with Gasteiger partial charge in [0, 0.05) is 11.4 Å². The SMILES string of the molecule is CCNC(=O)[C@@H](C)N[C@H](c1ccc(C(C)C)cc1)c1cccs1. The summed E-state index contributed by atoms with van der Waals surface area (Å²) in [6.07, 6.45) is 0. The molecule has 23 heavy (non-hydrogen) atoms. The van der Waals surface area contributed by atoms with Gasteiger partial charge in [0.05, 0.1) is 12.1 Å². The van der Waals surface area contributed by atoms with E-state index in [1.807, 2.05) is 19.9 Å². The molecule has 1 aromatic carbocycles. The van der Waals surface area contributed by atoms with Crippen molar-refractivity contribution in [1.82, 2.24) is 10.6 Å². The van der Waals surface area contributed by atoms with Gasteiger partial charge in [0.25, 0.3) is 0 Å². The monoisotopic (exact) mass is 330 g/mol. The molecule has 2 N–H and O–H groups in total. The third-order valence-electron chi connectivity index (χ3n) is 3.93. The predicted molar refractivity (Wildman–Crippen MR) is 98.0 cm³/mol. The second-order valence-corrected chi connectivity index (χ2v) is 7.03. The first-order valence-electron chi connectivity index (χ1n) is 8.20. The lowest BCUT2D eigenvalue weighted by atomic mass is 9.98. The number of amides is 1. The molecule has 1 aromatic heterocycles. The van der Waals surface area contributed by atoms with E-state index in [4.69, 9.17) is 0 Å². The maximum atomic E-state index is 12.1. The van der Waals surface area contributed by atoms with Crippen LogP contribution in [0.1, 0.15) is 55.7 Å². The maximum absolute atomic E-state index is 12.1. The van der Waals surface area contributed by atoms with Crippen LogP contribution in [0.2, 0.25) is 0 Å². The minimum Gasteiger partial charge on any atom is -0.355 e. The zero-order chi connectivity index (χ0) is 16.8. The number of rotatable bonds is 7. The molecular formula is C19H26N2OS. The fourth-order valence-corrected chi connectivity index (χ4v) is 3.34. The molecule has 0 bridgehead atoms. The van der Waals surface area contributed by atoms with E-state index in [0.717, 1.165) is 0 Å². The van der Waals surface area contributed by atoms with Gasteiger partial charge in [-0.1, -0.05) is 44.2 Å². The van der Waals surface area contributed by atoms with Crippen LogP contribution in [-0.2, 0) is 4.79 Å². The Kier molecular flexibility index (Phi) is 6.37. The van der Waals surface area contributed by atoms with E-state index in [9.17, 15) is 4.79 Å². The Hall–Kier alpha value is -1.65. The summed E-state index contributed by atoms with van der Waals surface area (Å²) >= 11 is 1.71. The molecule has 0 saturated heterocycles. The molecule has 1 amide bonds. The number of hydrogen-bond acceptors (Lipinski definition) is 3. The van der Waals surface area contributed by atoms with E-state index in [-0.39, 0.29) is 18.0 Å². The molecule has 2 aromatic rings. The van der Waals surface area contributed by atoms with Gasteiger partial charge in [-0.15, -0.1) is 11.3 Å². The topological polar surface area (TPSA) is 41.1 Å². The quantitative estimate of drug-likeness (QED) is 0.803. The number of benzene rings is 1. The Morgan fingerprint density at radius 2 is 1.74 bits per heavy atom. The van der Waals surface area contributed by atoms with E-state index in [0.29, 0.717) is 12.5 Å². The summed E-state index contributed by atoms with van der Waals surface area (Å²) in [6, 6.07) is 12.6. The van der Waals surface area contributed by atoms with E-state index in [2.05, 4.69) is 60.2 Å². The first kappa shape index (κ1) is 17.7. The molecule has 0 radical (unpaired) electrons. The highest BCUT2D eigenvalue weighted by Gasteiger charge is 2.21. The van der Waals surface area contributed by atoms with Crippen molar-refractivity contribution in [3.05, 3.63) is 57.8 Å². The van der Waals surface area contributed by atoms with Crippen LogP contribution in [0.15, 0.2) is 41.8 Å². The van der Waals surface area contributed by atoms with Crippen molar-refractivity contribution in [1.29, 1.82) is 0 Å². The Morgan fingerprint density at radius 3 is 2.26 bits per heavy atom. The number of likely N-dealkylation sites (N-methyl/N-ethyl adjacent to an activating group) is 1. The van der Waals surface area contributed by atoms with Gasteiger partial charge in [0.1, 0.15) is 0 Å². The third-order valence-corrected chi connectivity index (χ3v) is 4.86. The maximum Gasteiger partial charge on any atom is 0.236 e. The van der Waals surface area contributed by atoms with Gasteiger partial charge in [-0.2, -0.15) is 0 Å². The molecule has 0 aliphatic heterocycles. The van der Waals surface area contributed by atoms with Crippen molar-refractivity contribution in [2.24, 2.45) is 0 Å². The summed E-state index contributed by atoms with van der Waals surface area (Å²) in [7, 11) is 0. The molecule has 124 valence electrons. The lowest BCUT2D eigenvalue weighted by Gasteiger charge is -2.23. The molecule has 0 aliphatic carbocycles. The Morgan fingerprint density at radius 1 is 1.09 bits per heavy atom. The summed E-state index contributed by atoms with van der Waals surface area (Å²) in [5.41, 5.74) is 2.52. The Balaban J connectivity index is 2.23. The van der Waals surface area contributed by atoms with Crippen molar-refractivity contribution in [3.8, 4) is 0 Å². The molecule has 1 heterocycles. The lowest BCUT2D eigenvalue weighted by molar-refractivity contribution is -0.122. The van der Waals surface area contributed by atoms with Gasteiger partial charge in [-0.3, -0.25) is 10.1 Å². The molecular weight excluding hydrogens is 304 g/mol. The number of hydrogen-bond donors (Lipinski definition) is 2. The molecule has 4 heteroatoms. The molecule has 2 rings (SSSR count). The Bertz CT molecular complexity index is 605. The second kappa shape index (κ2) is 8.27. The van der Waals surface area contributed by atoms with Gasteiger partial charge >= 0.3 is 0 Å². The van der Waals surface area contributed by atoms with Crippen molar-refractivity contribution in [3.63, 3.8) is 0 Å². The lowest BCUT2D eigenvalue weighted by Crippen LogP contribution is -2.43. The van der Waals surface area contributed by atoms with Crippen LogP contribution in [0.4, 0.5) is 0 Å². The van der Waals surface area contributed by atoms with Gasteiger partial charge in [0.15, 0.2) is 0 Å². The molecule has 0 saturated carbocycles. The molecule has 2 atom stereocenters. The number of carbonyl (C=O) groups excluding carboxylic acids is 1. The highest BCUT2D eigenvalue weighted by Crippen LogP contribution is 2.27. The zero-order valence-corrected chi connectivity index (χ0v) is 15.1. The van der Waals surface area contributed by atoms with Crippen LogP contribution in [0.25, 0.3) is 0 Å². The highest BCUT2D eigenvalue weighted by atomic mass is 32.1. The second-order valence-electron chi connectivity index (χ2n) is 6.05. The van der Waals surface area contributed by atoms with Crippen LogP contribution in [0.5, 0.6) is 0 Å². The number of carbonyl (C=O) groups is 1. The molecule has 0 unspecified atom stereocenters. The van der Waals surface area contributed by atoms with E-state index in [1.54, 1.807) is 11.3 Å². The minimum atomic E-state index is -0.244. The summed E-state index contributed by atoms with van der Waals surface area (Å²) in [5, 5.41) is 8.41. The van der Waals surface area contributed by atoms with Crippen molar-refractivity contribution < 1.29 is 4.79 Å². The molecule has 0 fully saturated rings. The van der Waals surface area contributed by atoms with Crippen LogP contribution in [0.3, 0.4) is 0 Å². The van der Waals surface area contributed by atoms with Crippen molar-refractivity contribution in [2.45, 2.75) is 45.7 Å². The van der Waals surface area contributed by atoms with Crippen LogP contribution >= 0.6 is 11.3 Å². The largest absolute Gasteiger partial charge is 0.355 e. The average Bonchev–Trinajstić information content (AvgIpc) is 3.06. The predicted octanol–water partition coefficient (Wildman–Crippen LogP) is 4.08. The smallest absolute Gasteiger partial charge is 0.236 e. The number of thiophene rings is 1. The van der Waals surface area contributed by atoms with Crippen molar-refractivity contribution in [2.75, 3.05) is 6.54 Å². The summed E-state index contributed by atoms with van der Waals surface area (Å²) < 4.78 is 0. The first-order valence-corrected chi connectivity index (χ1v) is 9.08. The Labute approximate surface area is 143 Å². The fraction of sp³-hybridized carbons (Fsp3) is 0.421. The minimum absolute atomic E-state index is 0.0351. The molecule has 0 spiro atoms. The normalized spacial score (nSPS) is 13.8. The highest BCUT2D eigenvalue weighted by molar-refractivity contribution is 7.10. The van der Waals surface area contributed by atoms with Crippen LogP contribution in [-0.4, -0.2) is 18.5 Å². The zero-order valence-electron chi connectivity index (χ0n) is 14.3. The molecule has 0 aliphatic rings. The first-order chi connectivity index (χ1) is 11.0. The van der Waals surface area contributed by atoms with Gasteiger partial charge in [-0.05, 0) is 42.3 Å². The van der Waals surface area contributed by atoms with E-state index in [1.165, 1.54) is 16.0 Å². The third kappa shape index (κ3) is 4.66. The summed E-state index contributed by atoms with van der Waals surface area (Å²) in [5.74, 6) is 0.555. The van der Waals surface area contributed by atoms with E-state index < -0.39 is 0 Å². The fourth-order valence-electron chi connectivity index (χ4n) is 2.52. The van der Waals surface area contributed by atoms with Crippen molar-refractivity contribution >= 4 is 17.2 Å². The molecule has 3 nitrogen and oxygen atoms in total. The van der Waals surface area contributed by atoms with Crippen LogP contribution < -0.4 is 10.6 Å². The standard InChI is InChI=1S/C19H26N2OS/c1-5-20-19(22)14(4)21-18(17-7-6-12-23-17)16-10-8-15(9-11-16)13(2)3/h6-14,18,21H,5H2,1-4H3,(H,20,22)/t14-,18-/m1/s1.